The van der Waals surface area contributed by atoms with Gasteiger partial charge in [0.2, 0.25) is 0 Å². The smallest absolute Gasteiger partial charge is 0.267 e. The van der Waals surface area contributed by atoms with E-state index in [0.717, 1.165) is 32.5 Å². The van der Waals surface area contributed by atoms with E-state index < -0.39 is 0 Å². The van der Waals surface area contributed by atoms with Gasteiger partial charge in [0.15, 0.2) is 0 Å². The molecule has 0 aromatic heterocycles. The summed E-state index contributed by atoms with van der Waals surface area (Å²) >= 11 is 1.62. The van der Waals surface area contributed by atoms with E-state index in [1.165, 1.54) is 4.90 Å². The third-order valence-corrected chi connectivity index (χ3v) is 6.37. The minimum absolute atomic E-state index is 0.250. The maximum atomic E-state index is 13.7. The quantitative estimate of drug-likeness (QED) is 0.288. The summed E-state index contributed by atoms with van der Waals surface area (Å²) < 4.78 is 0. The van der Waals surface area contributed by atoms with Gasteiger partial charge in [-0.15, -0.1) is 11.8 Å². The molecule has 2 amide bonds. The van der Waals surface area contributed by atoms with Crippen molar-refractivity contribution in [1.82, 2.24) is 0 Å². The molecule has 146 valence electrons. The number of benzene rings is 4. The summed E-state index contributed by atoms with van der Waals surface area (Å²) in [5.41, 5.74) is 3.39. The number of rotatable bonds is 4. The second-order valence-corrected chi connectivity index (χ2v) is 8.35. The third-order valence-electron chi connectivity index (χ3n) is 5.37. The van der Waals surface area contributed by atoms with Gasteiger partial charge in [0, 0.05) is 10.5 Å². The van der Waals surface area contributed by atoms with Crippen LogP contribution in [0.1, 0.15) is 27.6 Å². The van der Waals surface area contributed by atoms with E-state index in [1.807, 2.05) is 72.8 Å². The predicted octanol–water partition coefficient (Wildman–Crippen LogP) is 6.42. The van der Waals surface area contributed by atoms with Gasteiger partial charge in [-0.25, -0.2) is 4.90 Å². The standard InChI is InChI=1S/C26H19NO2S/c1-2-30-24-20-16-10-9-15-19(20)21(17-11-5-3-6-12-17)22-23(24)26(29)27(25(22)28)18-13-7-4-8-14-18/h3-16H,2H2,1H3. The van der Waals surface area contributed by atoms with Crippen molar-refractivity contribution in [1.29, 1.82) is 0 Å². The van der Waals surface area contributed by atoms with Crippen molar-refractivity contribution < 1.29 is 9.59 Å². The molecule has 4 aromatic rings. The van der Waals surface area contributed by atoms with Crippen molar-refractivity contribution in [2.75, 3.05) is 10.7 Å². The van der Waals surface area contributed by atoms with Crippen LogP contribution in [0.5, 0.6) is 0 Å². The molecule has 0 fully saturated rings. The Morgan fingerprint density at radius 2 is 1.23 bits per heavy atom. The van der Waals surface area contributed by atoms with E-state index in [9.17, 15) is 9.59 Å². The summed E-state index contributed by atoms with van der Waals surface area (Å²) in [5, 5.41) is 2.01. The van der Waals surface area contributed by atoms with E-state index in [0.29, 0.717) is 16.8 Å². The first kappa shape index (κ1) is 18.6. The number of amides is 2. The van der Waals surface area contributed by atoms with Crippen LogP contribution in [0, 0.1) is 0 Å². The Morgan fingerprint density at radius 3 is 1.90 bits per heavy atom. The molecule has 0 N–H and O–H groups in total. The Labute approximate surface area is 179 Å². The highest BCUT2D eigenvalue weighted by atomic mass is 32.2. The van der Waals surface area contributed by atoms with Gasteiger partial charge in [0.05, 0.1) is 16.8 Å². The predicted molar refractivity (Wildman–Crippen MR) is 123 cm³/mol. The minimum Gasteiger partial charge on any atom is -0.268 e. The first-order valence-electron chi connectivity index (χ1n) is 9.93. The number of thioether (sulfide) groups is 1. The van der Waals surface area contributed by atoms with Crippen LogP contribution in [0.4, 0.5) is 5.69 Å². The van der Waals surface area contributed by atoms with Crippen molar-refractivity contribution in [2.45, 2.75) is 11.8 Å². The summed E-state index contributed by atoms with van der Waals surface area (Å²) in [6.07, 6.45) is 0. The lowest BCUT2D eigenvalue weighted by Gasteiger charge is -2.15. The molecule has 0 aliphatic carbocycles. The molecule has 4 aromatic carbocycles. The molecular weight excluding hydrogens is 390 g/mol. The van der Waals surface area contributed by atoms with Gasteiger partial charge >= 0.3 is 0 Å². The van der Waals surface area contributed by atoms with Crippen LogP contribution in [-0.2, 0) is 0 Å². The lowest BCUT2D eigenvalue weighted by molar-refractivity contribution is 0.0925. The van der Waals surface area contributed by atoms with E-state index in [2.05, 4.69) is 6.92 Å². The fourth-order valence-corrected chi connectivity index (χ4v) is 5.11. The average Bonchev–Trinajstić information content (AvgIpc) is 3.05. The largest absolute Gasteiger partial charge is 0.268 e. The first-order valence-corrected chi connectivity index (χ1v) is 10.9. The van der Waals surface area contributed by atoms with Gasteiger partial charge in [-0.3, -0.25) is 9.59 Å². The molecule has 1 aliphatic heterocycles. The van der Waals surface area contributed by atoms with Crippen LogP contribution in [0.3, 0.4) is 0 Å². The molecule has 0 atom stereocenters. The molecule has 1 aliphatic rings. The van der Waals surface area contributed by atoms with Crippen LogP contribution in [0.25, 0.3) is 21.9 Å². The molecule has 0 spiro atoms. The fraction of sp³-hybridized carbons (Fsp3) is 0.0769. The number of anilines is 1. The lowest BCUT2D eigenvalue weighted by atomic mass is 9.90. The van der Waals surface area contributed by atoms with Gasteiger partial charge < -0.3 is 0 Å². The van der Waals surface area contributed by atoms with Crippen molar-refractivity contribution >= 4 is 40.0 Å². The second-order valence-electron chi connectivity index (χ2n) is 7.08. The van der Waals surface area contributed by atoms with Gasteiger partial charge in [0.25, 0.3) is 11.8 Å². The molecule has 0 radical (unpaired) electrons. The molecule has 1 heterocycles. The molecule has 30 heavy (non-hydrogen) atoms. The SMILES string of the molecule is CCSc1c2c(c(-c3ccccc3)c3ccccc13)C(=O)N(c1ccccc1)C2=O. The molecule has 0 unspecified atom stereocenters. The highest BCUT2D eigenvalue weighted by molar-refractivity contribution is 7.99. The Hall–Kier alpha value is -3.37. The number of para-hydroxylation sites is 1. The van der Waals surface area contributed by atoms with Crippen LogP contribution >= 0.6 is 11.8 Å². The number of fused-ring (bicyclic) bond motifs is 2. The summed E-state index contributed by atoms with van der Waals surface area (Å²) in [5.74, 6) is 0.303. The number of carbonyl (C=O) groups excluding carboxylic acids is 2. The highest BCUT2D eigenvalue weighted by Gasteiger charge is 2.42. The fourth-order valence-electron chi connectivity index (χ4n) is 4.15. The molecule has 4 heteroatoms. The lowest BCUT2D eigenvalue weighted by Crippen LogP contribution is -2.29. The van der Waals surface area contributed by atoms with E-state index >= 15 is 0 Å². The monoisotopic (exact) mass is 409 g/mol. The van der Waals surface area contributed by atoms with Crippen molar-refractivity contribution in [3.05, 3.63) is 96.1 Å². The second kappa shape index (κ2) is 7.47. The first-order chi connectivity index (χ1) is 14.7. The zero-order chi connectivity index (χ0) is 20.7. The molecule has 0 bridgehead atoms. The van der Waals surface area contributed by atoms with Crippen molar-refractivity contribution in [3.8, 4) is 11.1 Å². The Kier molecular flexibility index (Phi) is 4.64. The summed E-state index contributed by atoms with van der Waals surface area (Å²) in [6, 6.07) is 27.1. The van der Waals surface area contributed by atoms with Crippen LogP contribution in [0.2, 0.25) is 0 Å². The normalized spacial score (nSPS) is 13.2. The van der Waals surface area contributed by atoms with Crippen LogP contribution in [0.15, 0.2) is 89.8 Å². The van der Waals surface area contributed by atoms with Crippen molar-refractivity contribution in [3.63, 3.8) is 0 Å². The average molecular weight is 410 g/mol. The van der Waals surface area contributed by atoms with Gasteiger partial charge in [0.1, 0.15) is 0 Å². The number of carbonyl (C=O) groups is 2. The number of imide groups is 1. The molecule has 0 saturated heterocycles. The molecular formula is C26H19NO2S. The Bertz CT molecular complexity index is 1280. The van der Waals surface area contributed by atoms with E-state index in [1.54, 1.807) is 23.9 Å². The van der Waals surface area contributed by atoms with Gasteiger partial charge in [-0.1, -0.05) is 79.7 Å². The van der Waals surface area contributed by atoms with E-state index in [-0.39, 0.29) is 11.8 Å². The third kappa shape index (κ3) is 2.76. The van der Waals surface area contributed by atoms with Gasteiger partial charge in [-0.05, 0) is 34.2 Å². The van der Waals surface area contributed by atoms with Crippen LogP contribution in [-0.4, -0.2) is 17.6 Å². The molecule has 5 rings (SSSR count). The summed E-state index contributed by atoms with van der Waals surface area (Å²) in [6.45, 7) is 2.06. The minimum atomic E-state index is -0.260. The number of hydrogen-bond acceptors (Lipinski definition) is 3. The van der Waals surface area contributed by atoms with Crippen molar-refractivity contribution in [2.24, 2.45) is 0 Å². The van der Waals surface area contributed by atoms with Crippen LogP contribution < -0.4 is 4.90 Å². The molecule has 3 nitrogen and oxygen atoms in total. The topological polar surface area (TPSA) is 37.4 Å². The molecule has 0 saturated carbocycles. The zero-order valence-corrected chi connectivity index (χ0v) is 17.3. The zero-order valence-electron chi connectivity index (χ0n) is 16.5. The summed E-state index contributed by atoms with van der Waals surface area (Å²) in [7, 11) is 0. The summed E-state index contributed by atoms with van der Waals surface area (Å²) in [4.78, 5) is 29.5. The Morgan fingerprint density at radius 1 is 0.667 bits per heavy atom. The maximum absolute atomic E-state index is 13.7. The van der Waals surface area contributed by atoms with Gasteiger partial charge in [-0.2, -0.15) is 0 Å². The van der Waals surface area contributed by atoms with E-state index in [4.69, 9.17) is 0 Å². The highest BCUT2D eigenvalue weighted by Crippen LogP contribution is 2.45. The number of hydrogen-bond donors (Lipinski definition) is 0. The number of nitrogens with zero attached hydrogens (tertiary/aromatic N) is 1. The maximum Gasteiger partial charge on any atom is 0.267 e. The Balaban J connectivity index is 1.90.